The Morgan fingerprint density at radius 2 is 2.17 bits per heavy atom. The second-order valence-electron chi connectivity index (χ2n) is 4.20. The van der Waals surface area contributed by atoms with Gasteiger partial charge >= 0.3 is 0 Å². The summed E-state index contributed by atoms with van der Waals surface area (Å²) in [6, 6.07) is 6.20. The summed E-state index contributed by atoms with van der Waals surface area (Å²) in [5.74, 6) is 1.49. The first kappa shape index (κ1) is 13.8. The van der Waals surface area contributed by atoms with Gasteiger partial charge in [0.25, 0.3) is 0 Å². The fourth-order valence-corrected chi connectivity index (χ4v) is 3.40. The van der Waals surface area contributed by atoms with Gasteiger partial charge in [-0.2, -0.15) is 0 Å². The molecule has 5 heteroatoms. The number of aromatic nitrogens is 1. The van der Waals surface area contributed by atoms with E-state index in [0.29, 0.717) is 5.88 Å². The largest absolute Gasteiger partial charge is 0.355 e. The van der Waals surface area contributed by atoms with Crippen LogP contribution in [-0.2, 0) is 12.4 Å². The normalized spacial score (nSPS) is 10.7. The average molecular weight is 346 g/mol. The second kappa shape index (κ2) is 6.04. The predicted molar refractivity (Wildman–Crippen MR) is 82.7 cm³/mol. The van der Waals surface area contributed by atoms with Crippen LogP contribution in [0.5, 0.6) is 0 Å². The fourth-order valence-electron chi connectivity index (χ4n) is 1.75. The molecule has 0 aliphatic carbocycles. The zero-order valence-corrected chi connectivity index (χ0v) is 13.4. The molecule has 2 nitrogen and oxygen atoms in total. The number of halogens is 2. The standard InChI is InChI=1S/C13H14BrClN2S/c1-9-3-10(6-15)4-13(16-9)17(2)7-12-5-11(14)8-18-12/h3-5,8H,6-7H2,1-2H3. The minimum atomic E-state index is 0.523. The van der Waals surface area contributed by atoms with Crippen LogP contribution in [0.2, 0.25) is 0 Å². The molecular weight excluding hydrogens is 332 g/mol. The van der Waals surface area contributed by atoms with Crippen molar-refractivity contribution in [1.29, 1.82) is 0 Å². The van der Waals surface area contributed by atoms with Gasteiger partial charge < -0.3 is 4.90 Å². The number of rotatable bonds is 4. The van der Waals surface area contributed by atoms with Crippen LogP contribution in [0.1, 0.15) is 16.1 Å². The van der Waals surface area contributed by atoms with Gasteiger partial charge in [-0.15, -0.1) is 22.9 Å². The smallest absolute Gasteiger partial charge is 0.129 e. The Kier molecular flexibility index (Phi) is 4.65. The molecule has 0 saturated heterocycles. The van der Waals surface area contributed by atoms with Gasteiger partial charge in [-0.25, -0.2) is 4.98 Å². The zero-order chi connectivity index (χ0) is 13.1. The highest BCUT2D eigenvalue weighted by molar-refractivity contribution is 9.10. The summed E-state index contributed by atoms with van der Waals surface area (Å²) in [5, 5.41) is 2.09. The number of hydrogen-bond donors (Lipinski definition) is 0. The van der Waals surface area contributed by atoms with E-state index in [1.165, 1.54) is 4.88 Å². The van der Waals surface area contributed by atoms with Gasteiger partial charge in [0, 0.05) is 33.4 Å². The van der Waals surface area contributed by atoms with Gasteiger partial charge in [-0.1, -0.05) is 0 Å². The van der Waals surface area contributed by atoms with Crippen LogP contribution in [0.4, 0.5) is 5.82 Å². The van der Waals surface area contributed by atoms with Crippen molar-refractivity contribution in [2.75, 3.05) is 11.9 Å². The minimum absolute atomic E-state index is 0.523. The first-order valence-corrected chi connectivity index (χ1v) is 7.77. The molecule has 0 spiro atoms. The molecule has 0 fully saturated rings. The molecule has 0 radical (unpaired) electrons. The van der Waals surface area contributed by atoms with Gasteiger partial charge in [0.15, 0.2) is 0 Å². The molecule has 0 aliphatic heterocycles. The van der Waals surface area contributed by atoms with Crippen molar-refractivity contribution in [3.05, 3.63) is 44.2 Å². The number of alkyl halides is 1. The van der Waals surface area contributed by atoms with Gasteiger partial charge in [0.2, 0.25) is 0 Å². The van der Waals surface area contributed by atoms with Crippen LogP contribution in [0.3, 0.4) is 0 Å². The quantitative estimate of drug-likeness (QED) is 0.753. The topological polar surface area (TPSA) is 16.1 Å². The van der Waals surface area contributed by atoms with Crippen LogP contribution in [0.15, 0.2) is 28.1 Å². The van der Waals surface area contributed by atoms with Gasteiger partial charge in [0.05, 0.1) is 6.54 Å². The molecule has 2 rings (SSSR count). The van der Waals surface area contributed by atoms with E-state index in [9.17, 15) is 0 Å². The van der Waals surface area contributed by atoms with E-state index in [2.05, 4.69) is 37.3 Å². The van der Waals surface area contributed by atoms with Gasteiger partial charge in [0.1, 0.15) is 5.82 Å². The van der Waals surface area contributed by atoms with E-state index in [0.717, 1.165) is 28.1 Å². The van der Waals surface area contributed by atoms with Gasteiger partial charge in [-0.3, -0.25) is 0 Å². The van der Waals surface area contributed by atoms with Crippen molar-refractivity contribution >= 4 is 44.7 Å². The zero-order valence-electron chi connectivity index (χ0n) is 10.3. The van der Waals surface area contributed by atoms with Crippen molar-refractivity contribution in [1.82, 2.24) is 4.98 Å². The SMILES string of the molecule is Cc1cc(CCl)cc(N(C)Cc2cc(Br)cs2)n1. The summed E-state index contributed by atoms with van der Waals surface area (Å²) in [6.45, 7) is 2.85. The third kappa shape index (κ3) is 3.46. The molecule has 0 bridgehead atoms. The summed E-state index contributed by atoms with van der Waals surface area (Å²) in [6.07, 6.45) is 0. The Balaban J connectivity index is 2.17. The first-order chi connectivity index (χ1) is 8.58. The Labute approximate surface area is 125 Å². The fraction of sp³-hybridized carbons (Fsp3) is 0.308. The molecule has 0 aliphatic rings. The average Bonchev–Trinajstić information content (AvgIpc) is 2.73. The summed E-state index contributed by atoms with van der Waals surface area (Å²) in [5.41, 5.74) is 2.11. The van der Waals surface area contributed by atoms with Crippen LogP contribution in [-0.4, -0.2) is 12.0 Å². The number of aryl methyl sites for hydroxylation is 1. The van der Waals surface area contributed by atoms with E-state index in [-0.39, 0.29) is 0 Å². The van der Waals surface area contributed by atoms with Crippen LogP contribution < -0.4 is 4.90 Å². The molecule has 96 valence electrons. The summed E-state index contributed by atoms with van der Waals surface area (Å²) in [7, 11) is 2.05. The molecule has 18 heavy (non-hydrogen) atoms. The van der Waals surface area contributed by atoms with Crippen molar-refractivity contribution in [2.24, 2.45) is 0 Å². The van der Waals surface area contributed by atoms with E-state index in [1.807, 2.05) is 26.1 Å². The maximum absolute atomic E-state index is 5.89. The van der Waals surface area contributed by atoms with Crippen molar-refractivity contribution in [3.8, 4) is 0 Å². The molecular formula is C13H14BrClN2S. The van der Waals surface area contributed by atoms with E-state index < -0.39 is 0 Å². The molecule has 0 aromatic carbocycles. The Hall–Kier alpha value is -0.580. The van der Waals surface area contributed by atoms with Gasteiger partial charge in [-0.05, 0) is 46.6 Å². The summed E-state index contributed by atoms with van der Waals surface area (Å²) in [4.78, 5) is 7.99. The lowest BCUT2D eigenvalue weighted by Gasteiger charge is -2.18. The second-order valence-corrected chi connectivity index (χ2v) is 6.37. The van der Waals surface area contributed by atoms with E-state index in [4.69, 9.17) is 11.6 Å². The van der Waals surface area contributed by atoms with Crippen LogP contribution in [0, 0.1) is 6.92 Å². The first-order valence-electron chi connectivity index (χ1n) is 5.56. The van der Waals surface area contributed by atoms with Crippen molar-refractivity contribution in [2.45, 2.75) is 19.3 Å². The highest BCUT2D eigenvalue weighted by Crippen LogP contribution is 2.23. The van der Waals surface area contributed by atoms with Crippen molar-refractivity contribution in [3.63, 3.8) is 0 Å². The Bertz CT molecular complexity index is 542. The number of pyridine rings is 1. The molecule has 0 unspecified atom stereocenters. The third-order valence-electron chi connectivity index (χ3n) is 2.56. The molecule has 0 saturated carbocycles. The number of nitrogens with zero attached hydrogens (tertiary/aromatic N) is 2. The molecule has 2 aromatic heterocycles. The third-order valence-corrected chi connectivity index (χ3v) is 4.55. The van der Waals surface area contributed by atoms with Crippen LogP contribution >= 0.6 is 38.9 Å². The molecule has 2 heterocycles. The molecule has 2 aromatic rings. The van der Waals surface area contributed by atoms with E-state index in [1.54, 1.807) is 11.3 Å². The molecule has 0 amide bonds. The van der Waals surface area contributed by atoms with Crippen LogP contribution in [0.25, 0.3) is 0 Å². The predicted octanol–water partition coefficient (Wildman–Crippen LogP) is 4.59. The number of anilines is 1. The molecule has 0 N–H and O–H groups in total. The van der Waals surface area contributed by atoms with E-state index >= 15 is 0 Å². The maximum Gasteiger partial charge on any atom is 0.129 e. The van der Waals surface area contributed by atoms with Crippen molar-refractivity contribution < 1.29 is 0 Å². The lowest BCUT2D eigenvalue weighted by molar-refractivity contribution is 0.903. The molecule has 0 atom stereocenters. The Morgan fingerprint density at radius 3 is 2.78 bits per heavy atom. The number of thiophene rings is 1. The summed E-state index contributed by atoms with van der Waals surface area (Å²) < 4.78 is 1.13. The highest BCUT2D eigenvalue weighted by atomic mass is 79.9. The monoisotopic (exact) mass is 344 g/mol. The highest BCUT2D eigenvalue weighted by Gasteiger charge is 2.07. The minimum Gasteiger partial charge on any atom is -0.355 e. The lowest BCUT2D eigenvalue weighted by atomic mass is 10.2. The summed E-state index contributed by atoms with van der Waals surface area (Å²) >= 11 is 11.1. The Morgan fingerprint density at radius 1 is 1.39 bits per heavy atom. The lowest BCUT2D eigenvalue weighted by Crippen LogP contribution is -2.17. The maximum atomic E-state index is 5.89. The number of hydrogen-bond acceptors (Lipinski definition) is 3.